The molecule has 2 aliphatic heterocycles. The van der Waals surface area contributed by atoms with Crippen LogP contribution >= 0.6 is 0 Å². The number of rotatable bonds is 5. The highest BCUT2D eigenvalue weighted by atomic mass is 16.7. The molecule has 20 heavy (non-hydrogen) atoms. The molecular formula is C16H24N2O2. The lowest BCUT2D eigenvalue weighted by atomic mass is 10.1. The Labute approximate surface area is 121 Å². The van der Waals surface area contributed by atoms with Gasteiger partial charge in [0, 0.05) is 18.6 Å². The molecule has 2 heterocycles. The molecule has 0 aliphatic carbocycles. The molecule has 0 radical (unpaired) electrons. The average molecular weight is 276 g/mol. The molecule has 0 bridgehead atoms. The van der Waals surface area contributed by atoms with Crippen LogP contribution in [0.3, 0.4) is 0 Å². The van der Waals surface area contributed by atoms with Gasteiger partial charge < -0.3 is 14.8 Å². The van der Waals surface area contributed by atoms with Crippen molar-refractivity contribution in [2.24, 2.45) is 0 Å². The minimum atomic E-state index is 0.337. The summed E-state index contributed by atoms with van der Waals surface area (Å²) in [6.07, 6.45) is 2.65. The average Bonchev–Trinajstić information content (AvgIpc) is 3.12. The number of ether oxygens (including phenoxy) is 2. The fourth-order valence-corrected chi connectivity index (χ4v) is 3.16. The van der Waals surface area contributed by atoms with Gasteiger partial charge in [-0.3, -0.25) is 4.90 Å². The molecule has 0 aromatic heterocycles. The number of hydrogen-bond acceptors (Lipinski definition) is 4. The topological polar surface area (TPSA) is 33.7 Å². The SMILES string of the molecule is CCN1CCCC1CNC(C)c1ccc2c(c1)OCO2. The third-order valence-electron chi connectivity index (χ3n) is 4.46. The third-order valence-corrected chi connectivity index (χ3v) is 4.46. The van der Waals surface area contributed by atoms with Crippen molar-refractivity contribution < 1.29 is 9.47 Å². The Kier molecular flexibility index (Phi) is 4.13. The highest BCUT2D eigenvalue weighted by Crippen LogP contribution is 2.34. The zero-order valence-electron chi connectivity index (χ0n) is 12.4. The van der Waals surface area contributed by atoms with Gasteiger partial charge in [-0.2, -0.15) is 0 Å². The molecule has 1 saturated heterocycles. The maximum absolute atomic E-state index is 5.44. The van der Waals surface area contributed by atoms with E-state index in [1.165, 1.54) is 24.9 Å². The fourth-order valence-electron chi connectivity index (χ4n) is 3.16. The van der Waals surface area contributed by atoms with Crippen molar-refractivity contribution in [2.45, 2.75) is 38.8 Å². The first-order chi connectivity index (χ1) is 9.78. The minimum absolute atomic E-state index is 0.337. The van der Waals surface area contributed by atoms with E-state index in [4.69, 9.17) is 9.47 Å². The molecule has 1 aromatic rings. The molecule has 0 amide bonds. The second kappa shape index (κ2) is 6.02. The van der Waals surface area contributed by atoms with E-state index in [0.29, 0.717) is 18.9 Å². The zero-order valence-corrected chi connectivity index (χ0v) is 12.4. The number of nitrogens with one attached hydrogen (secondary N) is 1. The Bertz CT molecular complexity index is 464. The highest BCUT2D eigenvalue weighted by Gasteiger charge is 2.23. The number of benzene rings is 1. The molecule has 3 rings (SSSR count). The summed E-state index contributed by atoms with van der Waals surface area (Å²) in [6, 6.07) is 7.24. The van der Waals surface area contributed by atoms with E-state index in [1.54, 1.807) is 0 Å². The Morgan fingerprint density at radius 2 is 2.20 bits per heavy atom. The van der Waals surface area contributed by atoms with Crippen LogP contribution in [-0.2, 0) is 0 Å². The quantitative estimate of drug-likeness (QED) is 0.896. The van der Waals surface area contributed by atoms with Crippen molar-refractivity contribution in [3.8, 4) is 11.5 Å². The van der Waals surface area contributed by atoms with Gasteiger partial charge in [0.1, 0.15) is 0 Å². The molecule has 0 saturated carbocycles. The van der Waals surface area contributed by atoms with Crippen molar-refractivity contribution in [1.82, 2.24) is 10.2 Å². The molecule has 2 atom stereocenters. The van der Waals surface area contributed by atoms with Gasteiger partial charge in [0.25, 0.3) is 0 Å². The summed E-state index contributed by atoms with van der Waals surface area (Å²) in [5.74, 6) is 1.72. The minimum Gasteiger partial charge on any atom is -0.454 e. The highest BCUT2D eigenvalue weighted by molar-refractivity contribution is 5.45. The van der Waals surface area contributed by atoms with Gasteiger partial charge in [0.05, 0.1) is 0 Å². The standard InChI is InChI=1S/C16H24N2O2/c1-3-18-8-4-5-14(18)10-17-12(2)13-6-7-15-16(9-13)20-11-19-15/h6-7,9,12,14,17H,3-5,8,10-11H2,1-2H3. The lowest BCUT2D eigenvalue weighted by molar-refractivity contribution is 0.174. The van der Waals surface area contributed by atoms with Crippen molar-refractivity contribution in [3.63, 3.8) is 0 Å². The number of nitrogens with zero attached hydrogens (tertiary/aromatic N) is 1. The van der Waals surface area contributed by atoms with E-state index >= 15 is 0 Å². The van der Waals surface area contributed by atoms with Gasteiger partial charge in [-0.25, -0.2) is 0 Å². The summed E-state index contributed by atoms with van der Waals surface area (Å²) < 4.78 is 10.8. The molecule has 1 aromatic carbocycles. The maximum atomic E-state index is 5.44. The van der Waals surface area contributed by atoms with E-state index in [1.807, 2.05) is 6.07 Å². The Morgan fingerprint density at radius 3 is 3.05 bits per heavy atom. The molecule has 110 valence electrons. The largest absolute Gasteiger partial charge is 0.454 e. The summed E-state index contributed by atoms with van der Waals surface area (Å²) >= 11 is 0. The van der Waals surface area contributed by atoms with Crippen LogP contribution in [0.5, 0.6) is 11.5 Å². The third kappa shape index (κ3) is 2.76. The fraction of sp³-hybridized carbons (Fsp3) is 0.625. The van der Waals surface area contributed by atoms with E-state index in [2.05, 4.69) is 36.2 Å². The van der Waals surface area contributed by atoms with Crippen LogP contribution in [0.1, 0.15) is 38.3 Å². The van der Waals surface area contributed by atoms with E-state index in [-0.39, 0.29) is 0 Å². The number of hydrogen-bond donors (Lipinski definition) is 1. The van der Waals surface area contributed by atoms with Gasteiger partial charge in [-0.05, 0) is 50.6 Å². The van der Waals surface area contributed by atoms with Gasteiger partial charge in [-0.15, -0.1) is 0 Å². The molecule has 1 fully saturated rings. The monoisotopic (exact) mass is 276 g/mol. The summed E-state index contributed by atoms with van der Waals surface area (Å²) in [4.78, 5) is 2.57. The number of likely N-dealkylation sites (tertiary alicyclic amines) is 1. The van der Waals surface area contributed by atoms with Gasteiger partial charge in [0.2, 0.25) is 6.79 Å². The molecule has 4 heteroatoms. The van der Waals surface area contributed by atoms with Crippen LogP contribution in [0.25, 0.3) is 0 Å². The first-order valence-corrected chi connectivity index (χ1v) is 7.65. The van der Waals surface area contributed by atoms with Crippen LogP contribution in [0, 0.1) is 0 Å². The smallest absolute Gasteiger partial charge is 0.231 e. The lowest BCUT2D eigenvalue weighted by Gasteiger charge is -2.25. The predicted molar refractivity (Wildman–Crippen MR) is 79.3 cm³/mol. The summed E-state index contributed by atoms with van der Waals surface area (Å²) in [5, 5.41) is 3.66. The van der Waals surface area contributed by atoms with E-state index < -0.39 is 0 Å². The molecule has 2 aliphatic rings. The molecule has 2 unspecified atom stereocenters. The summed E-state index contributed by atoms with van der Waals surface area (Å²) in [7, 11) is 0. The Balaban J connectivity index is 1.57. The molecule has 0 spiro atoms. The second-order valence-corrected chi connectivity index (χ2v) is 5.67. The van der Waals surface area contributed by atoms with Crippen LogP contribution < -0.4 is 14.8 Å². The van der Waals surface area contributed by atoms with Crippen LogP contribution in [0.4, 0.5) is 0 Å². The Hall–Kier alpha value is -1.26. The zero-order chi connectivity index (χ0) is 13.9. The number of fused-ring (bicyclic) bond motifs is 1. The van der Waals surface area contributed by atoms with Crippen molar-refractivity contribution in [1.29, 1.82) is 0 Å². The summed E-state index contributed by atoms with van der Waals surface area (Å²) in [6.45, 7) is 8.27. The normalized spacial score (nSPS) is 23.2. The van der Waals surface area contributed by atoms with Crippen molar-refractivity contribution >= 4 is 0 Å². The summed E-state index contributed by atoms with van der Waals surface area (Å²) in [5.41, 5.74) is 1.26. The van der Waals surface area contributed by atoms with E-state index in [9.17, 15) is 0 Å². The molecule has 1 N–H and O–H groups in total. The van der Waals surface area contributed by atoms with Gasteiger partial charge in [0.15, 0.2) is 11.5 Å². The predicted octanol–water partition coefficient (Wildman–Crippen LogP) is 2.55. The second-order valence-electron chi connectivity index (χ2n) is 5.67. The molecule has 4 nitrogen and oxygen atoms in total. The van der Waals surface area contributed by atoms with Gasteiger partial charge in [-0.1, -0.05) is 13.0 Å². The van der Waals surface area contributed by atoms with Crippen LogP contribution in [0.15, 0.2) is 18.2 Å². The first kappa shape index (κ1) is 13.7. The molecular weight excluding hydrogens is 252 g/mol. The lowest BCUT2D eigenvalue weighted by Crippen LogP contribution is -2.38. The van der Waals surface area contributed by atoms with E-state index in [0.717, 1.165) is 24.6 Å². The van der Waals surface area contributed by atoms with Crippen LogP contribution in [-0.4, -0.2) is 37.4 Å². The number of likely N-dealkylation sites (N-methyl/N-ethyl adjacent to an activating group) is 1. The first-order valence-electron chi connectivity index (χ1n) is 7.65. The maximum Gasteiger partial charge on any atom is 0.231 e. The van der Waals surface area contributed by atoms with Crippen molar-refractivity contribution in [2.75, 3.05) is 26.4 Å². The van der Waals surface area contributed by atoms with Crippen molar-refractivity contribution in [3.05, 3.63) is 23.8 Å². The Morgan fingerprint density at radius 1 is 1.35 bits per heavy atom. The van der Waals surface area contributed by atoms with Crippen LogP contribution in [0.2, 0.25) is 0 Å². The van der Waals surface area contributed by atoms with Gasteiger partial charge >= 0.3 is 0 Å².